The summed E-state index contributed by atoms with van der Waals surface area (Å²) in [6, 6.07) is 0. The van der Waals surface area contributed by atoms with Gasteiger partial charge in [0.2, 0.25) is 0 Å². The van der Waals surface area contributed by atoms with Gasteiger partial charge < -0.3 is 33.8 Å². The molecular weight excluding hydrogens is 1310 g/mol. The van der Waals surface area contributed by atoms with Gasteiger partial charge in [-0.05, 0) is 37.5 Å². The number of hydrogen-bond donors (Lipinski definition) is 3. The zero-order valence-electron chi connectivity index (χ0n) is 65.5. The molecule has 0 saturated carbocycles. The van der Waals surface area contributed by atoms with Crippen LogP contribution in [0.3, 0.4) is 0 Å². The maximum atomic E-state index is 13.1. The van der Waals surface area contributed by atoms with Gasteiger partial charge >= 0.3 is 39.5 Å². The molecule has 0 fully saturated rings. The molecule has 0 spiro atoms. The van der Waals surface area contributed by atoms with Crippen molar-refractivity contribution in [1.82, 2.24) is 0 Å². The molecule has 0 saturated heterocycles. The van der Waals surface area contributed by atoms with Crippen LogP contribution in [0, 0.1) is 11.8 Å². The van der Waals surface area contributed by atoms with Gasteiger partial charge in [0.05, 0.1) is 26.4 Å². The summed E-state index contributed by atoms with van der Waals surface area (Å²) in [7, 11) is -9.92. The summed E-state index contributed by atoms with van der Waals surface area (Å²) in [4.78, 5) is 73.0. The van der Waals surface area contributed by atoms with E-state index in [9.17, 15) is 43.2 Å². The molecule has 19 heteroatoms. The SMILES string of the molecule is CCCCCCCCCCCCCCCCCCCC(=O)OC[C@H](COP(=O)(O)OC[C@@H](O)COP(=O)(O)OC[C@@H](COC(=O)CCCCCCCCCCCCCC)OC(=O)CCCCCCCCCCC(C)CC)OC(=O)CCCCCCCCCCCCCCCCCCC(C)C. The lowest BCUT2D eigenvalue weighted by molar-refractivity contribution is -0.161. The molecule has 0 aliphatic heterocycles. The number of ether oxygens (including phenoxy) is 4. The lowest BCUT2D eigenvalue weighted by Gasteiger charge is -2.21. The highest BCUT2D eigenvalue weighted by Gasteiger charge is 2.30. The van der Waals surface area contributed by atoms with Crippen molar-refractivity contribution in [3.8, 4) is 0 Å². The molecule has 0 radical (unpaired) electrons. The summed E-state index contributed by atoms with van der Waals surface area (Å²) in [5, 5.41) is 10.6. The summed E-state index contributed by atoms with van der Waals surface area (Å²) in [5.41, 5.74) is 0. The van der Waals surface area contributed by atoms with Crippen molar-refractivity contribution >= 4 is 39.5 Å². The molecule has 0 rings (SSSR count). The second-order valence-corrected chi connectivity index (χ2v) is 32.8. The average molecular weight is 1470 g/mol. The minimum absolute atomic E-state index is 0.106. The van der Waals surface area contributed by atoms with E-state index in [1.807, 2.05) is 0 Å². The lowest BCUT2D eigenvalue weighted by Crippen LogP contribution is -2.30. The number of phosphoric acid groups is 2. The van der Waals surface area contributed by atoms with Gasteiger partial charge in [0, 0.05) is 25.7 Å². The van der Waals surface area contributed by atoms with Crippen LogP contribution in [0.2, 0.25) is 0 Å². The largest absolute Gasteiger partial charge is 0.472 e. The van der Waals surface area contributed by atoms with Crippen molar-refractivity contribution in [2.75, 3.05) is 39.6 Å². The second-order valence-electron chi connectivity index (χ2n) is 29.9. The second kappa shape index (κ2) is 72.6. The molecule has 0 amide bonds. The van der Waals surface area contributed by atoms with Gasteiger partial charge in [-0.1, -0.05) is 375 Å². The smallest absolute Gasteiger partial charge is 0.462 e. The normalized spacial score (nSPS) is 14.2. The molecule has 594 valence electrons. The lowest BCUT2D eigenvalue weighted by atomic mass is 9.99. The van der Waals surface area contributed by atoms with Crippen molar-refractivity contribution in [2.24, 2.45) is 11.8 Å². The topological polar surface area (TPSA) is 237 Å². The van der Waals surface area contributed by atoms with Crippen LogP contribution in [0.25, 0.3) is 0 Å². The van der Waals surface area contributed by atoms with Gasteiger partial charge in [0.15, 0.2) is 12.2 Å². The Morgan fingerprint density at radius 3 is 0.760 bits per heavy atom. The summed E-state index contributed by atoms with van der Waals surface area (Å²) in [6.45, 7) is 9.66. The van der Waals surface area contributed by atoms with E-state index in [2.05, 4.69) is 41.5 Å². The van der Waals surface area contributed by atoms with Crippen LogP contribution >= 0.6 is 15.6 Å². The van der Waals surface area contributed by atoms with E-state index in [1.54, 1.807) is 0 Å². The summed E-state index contributed by atoms with van der Waals surface area (Å²) in [5.74, 6) is -0.529. The van der Waals surface area contributed by atoms with E-state index in [-0.39, 0.29) is 25.7 Å². The van der Waals surface area contributed by atoms with Gasteiger partial charge in [-0.2, -0.15) is 0 Å². The minimum Gasteiger partial charge on any atom is -0.462 e. The molecule has 3 unspecified atom stereocenters. The Morgan fingerprint density at radius 2 is 0.510 bits per heavy atom. The molecule has 0 bridgehead atoms. The Balaban J connectivity index is 5.25. The first kappa shape index (κ1) is 98.1. The minimum atomic E-state index is -4.96. The third kappa shape index (κ3) is 73.0. The van der Waals surface area contributed by atoms with Crippen LogP contribution in [0.1, 0.15) is 427 Å². The molecule has 0 heterocycles. The molecule has 0 aromatic heterocycles. The highest BCUT2D eigenvalue weighted by molar-refractivity contribution is 7.47. The van der Waals surface area contributed by atoms with E-state index in [1.165, 1.54) is 244 Å². The van der Waals surface area contributed by atoms with Gasteiger partial charge in [0.25, 0.3) is 0 Å². The third-order valence-electron chi connectivity index (χ3n) is 19.3. The van der Waals surface area contributed by atoms with E-state index >= 15 is 0 Å². The summed E-state index contributed by atoms with van der Waals surface area (Å²) >= 11 is 0. The van der Waals surface area contributed by atoms with Crippen LogP contribution in [-0.4, -0.2) is 96.7 Å². The quantitative estimate of drug-likeness (QED) is 0.0222. The number of rotatable bonds is 80. The maximum Gasteiger partial charge on any atom is 0.472 e. The highest BCUT2D eigenvalue weighted by Crippen LogP contribution is 2.45. The first-order valence-corrected chi connectivity index (χ1v) is 45.0. The third-order valence-corrected chi connectivity index (χ3v) is 21.2. The summed E-state index contributed by atoms with van der Waals surface area (Å²) in [6.07, 6.45) is 62.3. The van der Waals surface area contributed by atoms with E-state index < -0.39 is 97.5 Å². The van der Waals surface area contributed by atoms with Gasteiger partial charge in [-0.15, -0.1) is 0 Å². The molecule has 0 aliphatic carbocycles. The number of aliphatic hydroxyl groups excluding tert-OH is 1. The van der Waals surface area contributed by atoms with E-state index in [0.717, 1.165) is 102 Å². The molecule has 100 heavy (non-hydrogen) atoms. The predicted octanol–water partition coefficient (Wildman–Crippen LogP) is 24.3. The monoisotopic (exact) mass is 1470 g/mol. The van der Waals surface area contributed by atoms with Crippen molar-refractivity contribution in [2.45, 2.75) is 445 Å². The number of carbonyl (C=O) groups excluding carboxylic acids is 4. The predicted molar refractivity (Wildman–Crippen MR) is 409 cm³/mol. The van der Waals surface area contributed by atoms with Crippen molar-refractivity contribution in [3.63, 3.8) is 0 Å². The van der Waals surface area contributed by atoms with E-state index in [4.69, 9.17) is 37.0 Å². The Bertz CT molecular complexity index is 1930. The number of aliphatic hydroxyl groups is 1. The van der Waals surface area contributed by atoms with Crippen molar-refractivity contribution in [1.29, 1.82) is 0 Å². The first-order chi connectivity index (χ1) is 48.4. The fourth-order valence-corrected chi connectivity index (χ4v) is 14.1. The first-order valence-electron chi connectivity index (χ1n) is 42.0. The Morgan fingerprint density at radius 1 is 0.290 bits per heavy atom. The number of esters is 4. The molecule has 0 aliphatic rings. The molecule has 0 aromatic carbocycles. The fourth-order valence-electron chi connectivity index (χ4n) is 12.5. The number of unbranched alkanes of at least 4 members (excludes halogenated alkanes) is 49. The van der Waals surface area contributed by atoms with E-state index in [0.29, 0.717) is 25.7 Å². The molecule has 17 nitrogen and oxygen atoms in total. The van der Waals surface area contributed by atoms with Crippen LogP contribution < -0.4 is 0 Å². The Kier molecular flexibility index (Phi) is 71.2. The Hall–Kier alpha value is -1.94. The Labute approximate surface area is 613 Å². The molecule has 0 aromatic rings. The number of carbonyl (C=O) groups is 4. The number of phosphoric ester groups is 2. The van der Waals surface area contributed by atoms with Crippen LogP contribution in [0.5, 0.6) is 0 Å². The van der Waals surface area contributed by atoms with Crippen LogP contribution in [0.4, 0.5) is 0 Å². The standard InChI is InChI=1S/C81H158O17P2/c1-7-10-12-14-16-18-20-22-23-24-28-31-35-39-46-52-58-64-79(84)91-69-76(97-80(85)65-59-53-47-40-36-32-29-26-25-27-30-33-37-43-49-55-61-73(4)5)71-95-99(87,88)93-67-75(82)68-94-100(89,90)96-72-77(98-81(86)66-60-54-48-42-41-44-50-56-62-74(6)9-3)70-92-78(83)63-57-51-45-38-34-21-19-17-15-13-11-8-2/h73-77,82H,7-72H2,1-6H3,(H,87,88)(H,89,90)/t74?,75-,76-,77-/m1/s1. The molecule has 3 N–H and O–H groups in total. The average Bonchev–Trinajstić information content (AvgIpc) is 0.938. The van der Waals surface area contributed by atoms with Crippen LogP contribution in [0.15, 0.2) is 0 Å². The summed E-state index contributed by atoms with van der Waals surface area (Å²) < 4.78 is 68.7. The van der Waals surface area contributed by atoms with Crippen molar-refractivity contribution in [3.05, 3.63) is 0 Å². The van der Waals surface area contributed by atoms with Crippen molar-refractivity contribution < 1.29 is 80.2 Å². The molecular formula is C81H158O17P2. The highest BCUT2D eigenvalue weighted by atomic mass is 31.2. The zero-order chi connectivity index (χ0) is 73.5. The van der Waals surface area contributed by atoms with Gasteiger partial charge in [-0.25, -0.2) is 9.13 Å². The maximum absolute atomic E-state index is 13.1. The molecule has 6 atom stereocenters. The van der Waals surface area contributed by atoms with Crippen LogP contribution in [-0.2, 0) is 65.4 Å². The number of hydrogen-bond acceptors (Lipinski definition) is 15. The van der Waals surface area contributed by atoms with Gasteiger partial charge in [-0.3, -0.25) is 37.3 Å². The fraction of sp³-hybridized carbons (Fsp3) is 0.951. The zero-order valence-corrected chi connectivity index (χ0v) is 67.3. The van der Waals surface area contributed by atoms with Gasteiger partial charge in [0.1, 0.15) is 19.3 Å².